The summed E-state index contributed by atoms with van der Waals surface area (Å²) in [6.07, 6.45) is 2.27. The van der Waals surface area contributed by atoms with E-state index in [0.29, 0.717) is 22.0 Å². The molecule has 0 aromatic heterocycles. The van der Waals surface area contributed by atoms with Crippen LogP contribution in [0.15, 0.2) is 54.2 Å². The normalized spacial score (nSPS) is 11.2. The lowest BCUT2D eigenvalue weighted by Crippen LogP contribution is -2.03. The molecule has 0 heterocycles. The third-order valence-corrected chi connectivity index (χ3v) is 4.02. The minimum atomic E-state index is -0.0722. The number of carbonyl (C=O) groups is 1. The lowest BCUT2D eigenvalue weighted by atomic mass is 10.1. The van der Waals surface area contributed by atoms with E-state index in [4.69, 9.17) is 27.9 Å². The summed E-state index contributed by atoms with van der Waals surface area (Å²) in [7, 11) is 1.59. The number of rotatable bonds is 6. The van der Waals surface area contributed by atoms with Gasteiger partial charge in [0.15, 0.2) is 5.78 Å². The fraction of sp³-hybridized carbons (Fsp3) is 0.167. The third-order valence-electron chi connectivity index (χ3n) is 3.29. The highest BCUT2D eigenvalue weighted by molar-refractivity contribution is 6.42. The number of ketones is 1. The van der Waals surface area contributed by atoms with E-state index in [2.05, 4.69) is 5.32 Å². The molecule has 1 N–H and O–H groups in total. The van der Waals surface area contributed by atoms with Crippen LogP contribution in [0, 0.1) is 0 Å². The van der Waals surface area contributed by atoms with Crippen molar-refractivity contribution in [3.8, 4) is 5.75 Å². The molecule has 0 spiro atoms. The molecule has 0 radical (unpaired) electrons. The molecule has 23 heavy (non-hydrogen) atoms. The number of methoxy groups -OCH3 is 1. The van der Waals surface area contributed by atoms with Crippen molar-refractivity contribution in [1.29, 1.82) is 0 Å². The average molecular weight is 350 g/mol. The molecule has 0 aliphatic rings. The first-order valence-corrected chi connectivity index (χ1v) is 7.90. The topological polar surface area (TPSA) is 38.3 Å². The molecule has 0 amide bonds. The smallest absolute Gasteiger partial charge is 0.187 e. The van der Waals surface area contributed by atoms with Crippen molar-refractivity contribution < 1.29 is 9.53 Å². The molecule has 2 aromatic rings. The zero-order valence-electron chi connectivity index (χ0n) is 12.9. The summed E-state index contributed by atoms with van der Waals surface area (Å²) in [6, 6.07) is 12.3. The summed E-state index contributed by atoms with van der Waals surface area (Å²) in [4.78, 5) is 12.3. The Hall–Kier alpha value is -1.97. The van der Waals surface area contributed by atoms with Crippen LogP contribution in [0.5, 0.6) is 5.75 Å². The Morgan fingerprint density at radius 2 is 1.83 bits per heavy atom. The molecule has 2 rings (SSSR count). The van der Waals surface area contributed by atoms with Gasteiger partial charge in [-0.15, -0.1) is 0 Å². The molecule has 5 heteroatoms. The van der Waals surface area contributed by atoms with Crippen LogP contribution in [0.25, 0.3) is 0 Å². The second kappa shape index (κ2) is 8.04. The third kappa shape index (κ3) is 4.75. The van der Waals surface area contributed by atoms with Gasteiger partial charge in [-0.05, 0) is 48.9 Å². The van der Waals surface area contributed by atoms with Gasteiger partial charge in [0.2, 0.25) is 0 Å². The Labute approximate surface area is 145 Å². The fourth-order valence-corrected chi connectivity index (χ4v) is 2.28. The highest BCUT2D eigenvalue weighted by atomic mass is 35.5. The minimum absolute atomic E-state index is 0.0722. The van der Waals surface area contributed by atoms with Crippen molar-refractivity contribution >= 4 is 34.7 Å². The first-order valence-electron chi connectivity index (χ1n) is 7.14. The van der Waals surface area contributed by atoms with Crippen LogP contribution in [-0.4, -0.2) is 12.9 Å². The van der Waals surface area contributed by atoms with Gasteiger partial charge in [-0.3, -0.25) is 4.79 Å². The van der Waals surface area contributed by atoms with E-state index in [1.807, 2.05) is 13.0 Å². The Balaban J connectivity index is 2.16. The van der Waals surface area contributed by atoms with Gasteiger partial charge < -0.3 is 10.1 Å². The lowest BCUT2D eigenvalue weighted by molar-refractivity contribution is 0.104. The number of hydrogen-bond donors (Lipinski definition) is 1. The molecule has 0 fully saturated rings. The van der Waals surface area contributed by atoms with Crippen molar-refractivity contribution in [2.45, 2.75) is 13.3 Å². The fourth-order valence-electron chi connectivity index (χ4n) is 1.98. The Morgan fingerprint density at radius 3 is 2.39 bits per heavy atom. The number of benzene rings is 2. The SMILES string of the molecule is CC/C(=C\C(=O)c1ccc(OC)cc1)Nc1ccc(Cl)c(Cl)c1. The van der Waals surface area contributed by atoms with Gasteiger partial charge in [-0.25, -0.2) is 0 Å². The molecule has 0 aliphatic heterocycles. The van der Waals surface area contributed by atoms with Crippen LogP contribution in [0.1, 0.15) is 23.7 Å². The first kappa shape index (κ1) is 17.4. The largest absolute Gasteiger partial charge is 0.497 e. The highest BCUT2D eigenvalue weighted by Gasteiger charge is 2.06. The highest BCUT2D eigenvalue weighted by Crippen LogP contribution is 2.26. The van der Waals surface area contributed by atoms with Gasteiger partial charge in [0, 0.05) is 23.0 Å². The van der Waals surface area contributed by atoms with Crippen molar-refractivity contribution in [1.82, 2.24) is 0 Å². The van der Waals surface area contributed by atoms with Gasteiger partial charge in [0.1, 0.15) is 5.75 Å². The van der Waals surface area contributed by atoms with E-state index in [9.17, 15) is 4.79 Å². The van der Waals surface area contributed by atoms with Crippen LogP contribution in [0.4, 0.5) is 5.69 Å². The van der Waals surface area contributed by atoms with Crippen LogP contribution < -0.4 is 10.1 Å². The maximum Gasteiger partial charge on any atom is 0.187 e. The van der Waals surface area contributed by atoms with Crippen molar-refractivity contribution in [3.05, 3.63) is 69.8 Å². The number of ether oxygens (including phenoxy) is 1. The van der Waals surface area contributed by atoms with E-state index in [1.54, 1.807) is 49.6 Å². The number of hydrogen-bond acceptors (Lipinski definition) is 3. The van der Waals surface area contributed by atoms with Crippen LogP contribution in [0.2, 0.25) is 10.0 Å². The number of anilines is 1. The molecule has 0 unspecified atom stereocenters. The molecule has 120 valence electrons. The molecule has 0 atom stereocenters. The van der Waals surface area contributed by atoms with E-state index in [0.717, 1.165) is 17.1 Å². The second-order valence-corrected chi connectivity index (χ2v) is 5.68. The quantitative estimate of drug-likeness (QED) is 0.545. The van der Waals surface area contributed by atoms with E-state index < -0.39 is 0 Å². The first-order chi connectivity index (χ1) is 11.0. The van der Waals surface area contributed by atoms with Gasteiger partial charge in [-0.1, -0.05) is 30.1 Å². The lowest BCUT2D eigenvalue weighted by Gasteiger charge is -2.10. The molecule has 0 saturated heterocycles. The molecule has 2 aromatic carbocycles. The predicted molar refractivity (Wildman–Crippen MR) is 95.8 cm³/mol. The standard InChI is InChI=1S/C18H17Cl2NO2/c1-3-13(21-14-6-9-16(19)17(20)10-14)11-18(22)12-4-7-15(23-2)8-5-12/h4-11,21H,3H2,1-2H3/b13-11+. The minimum Gasteiger partial charge on any atom is -0.497 e. The Kier molecular flexibility index (Phi) is 6.08. The number of halogens is 2. The average Bonchev–Trinajstić information content (AvgIpc) is 2.57. The van der Waals surface area contributed by atoms with Gasteiger partial charge in [-0.2, -0.15) is 0 Å². The summed E-state index contributed by atoms with van der Waals surface area (Å²) < 4.78 is 5.09. The summed E-state index contributed by atoms with van der Waals surface area (Å²) in [5, 5.41) is 4.15. The summed E-state index contributed by atoms with van der Waals surface area (Å²) in [5.74, 6) is 0.646. The Bertz CT molecular complexity index is 724. The van der Waals surface area contributed by atoms with E-state index in [1.165, 1.54) is 0 Å². The van der Waals surface area contributed by atoms with Gasteiger partial charge in [0.25, 0.3) is 0 Å². The zero-order valence-corrected chi connectivity index (χ0v) is 14.4. The molecule has 0 saturated carbocycles. The van der Waals surface area contributed by atoms with Crippen molar-refractivity contribution in [3.63, 3.8) is 0 Å². The van der Waals surface area contributed by atoms with E-state index >= 15 is 0 Å². The van der Waals surface area contributed by atoms with Crippen LogP contribution in [0.3, 0.4) is 0 Å². The maximum absolute atomic E-state index is 12.3. The zero-order chi connectivity index (χ0) is 16.8. The summed E-state index contributed by atoms with van der Waals surface area (Å²) >= 11 is 11.9. The van der Waals surface area contributed by atoms with Gasteiger partial charge >= 0.3 is 0 Å². The molecule has 0 bridgehead atoms. The van der Waals surface area contributed by atoms with Crippen LogP contribution in [-0.2, 0) is 0 Å². The monoisotopic (exact) mass is 349 g/mol. The second-order valence-electron chi connectivity index (χ2n) is 4.87. The number of nitrogens with one attached hydrogen (secondary N) is 1. The Morgan fingerprint density at radius 1 is 1.13 bits per heavy atom. The molecule has 3 nitrogen and oxygen atoms in total. The maximum atomic E-state index is 12.3. The summed E-state index contributed by atoms with van der Waals surface area (Å²) in [5.41, 5.74) is 2.19. The molecular formula is C18H17Cl2NO2. The predicted octanol–water partition coefficient (Wildman–Crippen LogP) is 5.59. The molecule has 0 aliphatic carbocycles. The number of carbonyl (C=O) groups excluding carboxylic acids is 1. The van der Waals surface area contributed by atoms with Crippen molar-refractivity contribution in [2.75, 3.05) is 12.4 Å². The van der Waals surface area contributed by atoms with Crippen LogP contribution >= 0.6 is 23.2 Å². The van der Waals surface area contributed by atoms with Crippen molar-refractivity contribution in [2.24, 2.45) is 0 Å². The number of allylic oxidation sites excluding steroid dienone is 2. The summed E-state index contributed by atoms with van der Waals surface area (Å²) in [6.45, 7) is 1.97. The van der Waals surface area contributed by atoms with Gasteiger partial charge in [0.05, 0.1) is 17.2 Å². The molecular weight excluding hydrogens is 333 g/mol. The van der Waals surface area contributed by atoms with E-state index in [-0.39, 0.29) is 5.78 Å².